The third-order valence-electron chi connectivity index (χ3n) is 3.03. The number of nitro groups is 1. The molecule has 0 aromatic heterocycles. The number of hydrogen-bond acceptors (Lipinski definition) is 4. The molecule has 0 radical (unpaired) electrons. The molecule has 0 atom stereocenters. The summed E-state index contributed by atoms with van der Waals surface area (Å²) in [5, 5.41) is 22.8. The van der Waals surface area contributed by atoms with Crippen molar-refractivity contribution >= 4 is 17.3 Å². The molecule has 0 unspecified atom stereocenters. The first-order valence-electron chi connectivity index (χ1n) is 6.28. The highest BCUT2D eigenvalue weighted by molar-refractivity contribution is 5.87. The van der Waals surface area contributed by atoms with Crippen LogP contribution in [0.2, 0.25) is 0 Å². The number of hydrogen-bond donors (Lipinski definition) is 2. The highest BCUT2D eigenvalue weighted by atomic mass is 16.6. The van der Waals surface area contributed by atoms with E-state index in [0.717, 1.165) is 11.1 Å². The van der Waals surface area contributed by atoms with Crippen molar-refractivity contribution in [1.82, 2.24) is 0 Å². The Labute approximate surface area is 121 Å². The summed E-state index contributed by atoms with van der Waals surface area (Å²) < 4.78 is 0. The van der Waals surface area contributed by atoms with Crippen molar-refractivity contribution in [2.75, 3.05) is 5.32 Å². The fourth-order valence-corrected chi connectivity index (χ4v) is 1.91. The van der Waals surface area contributed by atoms with Gasteiger partial charge in [-0.1, -0.05) is 18.2 Å². The molecule has 0 aliphatic rings. The molecule has 0 saturated heterocycles. The third-order valence-corrected chi connectivity index (χ3v) is 3.03. The summed E-state index contributed by atoms with van der Waals surface area (Å²) in [4.78, 5) is 21.3. The minimum atomic E-state index is -0.983. The van der Waals surface area contributed by atoms with Gasteiger partial charge in [-0.25, -0.2) is 4.79 Å². The number of benzene rings is 2. The zero-order valence-corrected chi connectivity index (χ0v) is 11.4. The number of rotatable bonds is 5. The molecule has 0 saturated carbocycles. The van der Waals surface area contributed by atoms with Crippen molar-refractivity contribution in [1.29, 1.82) is 0 Å². The average Bonchev–Trinajstić information content (AvgIpc) is 2.45. The van der Waals surface area contributed by atoms with Crippen LogP contribution in [0.1, 0.15) is 21.5 Å². The Balaban J connectivity index is 2.14. The van der Waals surface area contributed by atoms with Crippen LogP contribution >= 0.6 is 0 Å². The van der Waals surface area contributed by atoms with Crippen LogP contribution in [0.15, 0.2) is 42.5 Å². The van der Waals surface area contributed by atoms with Gasteiger partial charge >= 0.3 is 5.97 Å². The highest BCUT2D eigenvalue weighted by Crippen LogP contribution is 2.25. The van der Waals surface area contributed by atoms with Crippen molar-refractivity contribution < 1.29 is 14.8 Å². The number of carbonyl (C=O) groups is 1. The van der Waals surface area contributed by atoms with Gasteiger partial charge in [-0.2, -0.15) is 0 Å². The summed E-state index contributed by atoms with van der Waals surface area (Å²) in [6, 6.07) is 11.2. The van der Waals surface area contributed by atoms with Gasteiger partial charge in [-0.05, 0) is 36.2 Å². The van der Waals surface area contributed by atoms with E-state index >= 15 is 0 Å². The van der Waals surface area contributed by atoms with Crippen molar-refractivity contribution in [3.63, 3.8) is 0 Å². The maximum Gasteiger partial charge on any atom is 0.335 e. The van der Waals surface area contributed by atoms with Gasteiger partial charge in [0.2, 0.25) is 0 Å². The van der Waals surface area contributed by atoms with E-state index in [4.69, 9.17) is 5.11 Å². The number of anilines is 1. The lowest BCUT2D eigenvalue weighted by atomic mass is 10.1. The van der Waals surface area contributed by atoms with Crippen molar-refractivity contribution in [2.24, 2.45) is 0 Å². The van der Waals surface area contributed by atoms with E-state index in [1.54, 1.807) is 24.3 Å². The second-order valence-corrected chi connectivity index (χ2v) is 4.63. The highest BCUT2D eigenvalue weighted by Gasteiger charge is 2.13. The first kappa shape index (κ1) is 14.5. The standard InChI is InChI=1S/C15H14N2O4/c1-10-2-7-14(17(20)21)13(8-10)16-9-11-3-5-12(6-4-11)15(18)19/h2-8,16H,9H2,1H3,(H,18,19). The first-order valence-corrected chi connectivity index (χ1v) is 6.28. The monoisotopic (exact) mass is 286 g/mol. The van der Waals surface area contributed by atoms with E-state index in [-0.39, 0.29) is 11.3 Å². The molecule has 6 nitrogen and oxygen atoms in total. The number of nitrogens with zero attached hydrogens (tertiary/aromatic N) is 1. The maximum atomic E-state index is 11.0. The number of aromatic carboxylic acids is 1. The molecule has 108 valence electrons. The van der Waals surface area contributed by atoms with Crippen LogP contribution in [0, 0.1) is 17.0 Å². The predicted octanol–water partition coefficient (Wildman–Crippen LogP) is 3.21. The normalized spacial score (nSPS) is 10.1. The second kappa shape index (κ2) is 6.04. The predicted molar refractivity (Wildman–Crippen MR) is 78.6 cm³/mol. The number of nitro benzene ring substituents is 1. The van der Waals surface area contributed by atoms with Crippen LogP contribution in [0.3, 0.4) is 0 Å². The Hall–Kier alpha value is -2.89. The Bertz CT molecular complexity index is 681. The molecule has 6 heteroatoms. The summed E-state index contributed by atoms with van der Waals surface area (Å²) in [5.74, 6) is -0.983. The van der Waals surface area contributed by atoms with Crippen LogP contribution in [0.4, 0.5) is 11.4 Å². The van der Waals surface area contributed by atoms with Crippen LogP contribution in [-0.2, 0) is 6.54 Å². The number of nitrogens with one attached hydrogen (secondary N) is 1. The molecule has 0 heterocycles. The molecule has 0 aliphatic carbocycles. The second-order valence-electron chi connectivity index (χ2n) is 4.63. The van der Waals surface area contributed by atoms with Crippen LogP contribution in [-0.4, -0.2) is 16.0 Å². The zero-order valence-electron chi connectivity index (χ0n) is 11.4. The van der Waals surface area contributed by atoms with Crippen LogP contribution < -0.4 is 5.32 Å². The van der Waals surface area contributed by atoms with Gasteiger partial charge in [-0.3, -0.25) is 10.1 Å². The molecule has 21 heavy (non-hydrogen) atoms. The van der Waals surface area contributed by atoms with E-state index in [0.29, 0.717) is 12.2 Å². The van der Waals surface area contributed by atoms with Gasteiger partial charge in [0.25, 0.3) is 5.69 Å². The molecular weight excluding hydrogens is 272 g/mol. The van der Waals surface area contributed by atoms with Gasteiger partial charge in [-0.15, -0.1) is 0 Å². The van der Waals surface area contributed by atoms with Gasteiger partial charge in [0.1, 0.15) is 5.69 Å². The van der Waals surface area contributed by atoms with E-state index in [1.807, 2.05) is 6.92 Å². The maximum absolute atomic E-state index is 11.0. The summed E-state index contributed by atoms with van der Waals surface area (Å²) in [6.45, 7) is 2.24. The van der Waals surface area contributed by atoms with Crippen molar-refractivity contribution in [3.05, 3.63) is 69.3 Å². The first-order chi connectivity index (χ1) is 9.97. The Morgan fingerprint density at radius 1 is 1.24 bits per heavy atom. The lowest BCUT2D eigenvalue weighted by Crippen LogP contribution is -2.03. The molecule has 0 fully saturated rings. The fourth-order valence-electron chi connectivity index (χ4n) is 1.91. The smallest absolute Gasteiger partial charge is 0.335 e. The summed E-state index contributed by atoms with van der Waals surface area (Å²) in [7, 11) is 0. The molecule has 2 aromatic rings. The largest absolute Gasteiger partial charge is 0.478 e. The number of carboxylic acids is 1. The van der Waals surface area contributed by atoms with E-state index < -0.39 is 10.9 Å². The van der Waals surface area contributed by atoms with E-state index in [2.05, 4.69) is 5.32 Å². The fraction of sp³-hybridized carbons (Fsp3) is 0.133. The molecule has 2 N–H and O–H groups in total. The Morgan fingerprint density at radius 2 is 1.90 bits per heavy atom. The third kappa shape index (κ3) is 3.56. The van der Waals surface area contributed by atoms with Gasteiger partial charge in [0.05, 0.1) is 10.5 Å². The molecule has 0 aliphatic heterocycles. The minimum Gasteiger partial charge on any atom is -0.478 e. The van der Waals surface area contributed by atoms with Gasteiger partial charge in [0, 0.05) is 12.6 Å². The quantitative estimate of drug-likeness (QED) is 0.650. The lowest BCUT2D eigenvalue weighted by Gasteiger charge is -2.08. The topological polar surface area (TPSA) is 92.5 Å². The van der Waals surface area contributed by atoms with Crippen molar-refractivity contribution in [3.8, 4) is 0 Å². The molecule has 0 amide bonds. The zero-order chi connectivity index (χ0) is 15.4. The minimum absolute atomic E-state index is 0.0164. The van der Waals surface area contributed by atoms with Gasteiger partial charge < -0.3 is 10.4 Å². The molecule has 0 spiro atoms. The molecule has 2 rings (SSSR count). The van der Waals surface area contributed by atoms with Crippen LogP contribution in [0.25, 0.3) is 0 Å². The van der Waals surface area contributed by atoms with E-state index in [9.17, 15) is 14.9 Å². The molecule has 2 aromatic carbocycles. The summed E-state index contributed by atoms with van der Waals surface area (Å²) in [5.41, 5.74) is 2.44. The molecule has 0 bridgehead atoms. The molecular formula is C15H14N2O4. The SMILES string of the molecule is Cc1ccc([N+](=O)[O-])c(NCc2ccc(C(=O)O)cc2)c1. The summed E-state index contributed by atoms with van der Waals surface area (Å²) >= 11 is 0. The van der Waals surface area contributed by atoms with Crippen molar-refractivity contribution in [2.45, 2.75) is 13.5 Å². The number of carboxylic acid groups (broad SMARTS) is 1. The Kier molecular flexibility index (Phi) is 4.18. The Morgan fingerprint density at radius 3 is 2.48 bits per heavy atom. The van der Waals surface area contributed by atoms with Crippen LogP contribution in [0.5, 0.6) is 0 Å². The number of aryl methyl sites for hydroxylation is 1. The van der Waals surface area contributed by atoms with Gasteiger partial charge in [0.15, 0.2) is 0 Å². The van der Waals surface area contributed by atoms with E-state index in [1.165, 1.54) is 18.2 Å². The lowest BCUT2D eigenvalue weighted by molar-refractivity contribution is -0.384. The average molecular weight is 286 g/mol. The summed E-state index contributed by atoms with van der Waals surface area (Å²) in [6.07, 6.45) is 0.